The van der Waals surface area contributed by atoms with Crippen molar-refractivity contribution in [3.63, 3.8) is 0 Å². The third-order valence-electron chi connectivity index (χ3n) is 5.81. The zero-order chi connectivity index (χ0) is 25.0. The summed E-state index contributed by atoms with van der Waals surface area (Å²) >= 11 is 0. The average Bonchev–Trinajstić information content (AvgIpc) is 2.88. The normalized spacial score (nSPS) is 17.5. The Morgan fingerprint density at radius 3 is 2.31 bits per heavy atom. The lowest BCUT2D eigenvalue weighted by Crippen LogP contribution is -2.63. The van der Waals surface area contributed by atoms with Crippen LogP contribution in [0.5, 0.6) is 11.5 Å². The first-order chi connectivity index (χ1) is 16.9. The van der Waals surface area contributed by atoms with Gasteiger partial charge in [0, 0.05) is 25.0 Å². The lowest BCUT2D eigenvalue weighted by atomic mass is 10.0. The molecule has 1 aliphatic rings. The number of ether oxygens (including phenoxy) is 4. The van der Waals surface area contributed by atoms with Crippen molar-refractivity contribution in [1.29, 1.82) is 0 Å². The Kier molecular flexibility index (Phi) is 6.82. The van der Waals surface area contributed by atoms with Crippen LogP contribution >= 0.6 is 0 Å². The highest BCUT2D eigenvalue weighted by Gasteiger charge is 2.44. The van der Waals surface area contributed by atoms with Crippen molar-refractivity contribution in [1.82, 2.24) is 4.90 Å². The lowest BCUT2D eigenvalue weighted by Gasteiger charge is -2.39. The third-order valence-corrected chi connectivity index (χ3v) is 5.81. The minimum Gasteiger partial charge on any atom is -0.496 e. The number of rotatable bonds is 6. The molecule has 1 aliphatic heterocycles. The molecule has 1 heterocycles. The zero-order valence-corrected chi connectivity index (χ0v) is 20.2. The van der Waals surface area contributed by atoms with E-state index < -0.39 is 5.85 Å². The molecule has 3 aromatic carbocycles. The Morgan fingerprint density at radius 1 is 0.914 bits per heavy atom. The van der Waals surface area contributed by atoms with Gasteiger partial charge in [-0.15, -0.1) is 0 Å². The predicted octanol–water partition coefficient (Wildman–Crippen LogP) is 3.16. The Bertz CT molecular complexity index is 1360. The standard InChI is InChI=1S/C27H28N4O4/c1-32-23-12-8-11-19-16-20(24(33-2)17-21(19)23)13-14-31-26(28)30-22(15-18-9-6-5-7-10-18)25(34-3)27(31,29)35-4/h5-12,16-17H,15,29H2,1-4H3,(H2,28,30). The van der Waals surface area contributed by atoms with E-state index in [0.717, 1.165) is 22.1 Å². The van der Waals surface area contributed by atoms with Crippen LogP contribution in [-0.2, 0) is 15.9 Å². The fourth-order valence-corrected chi connectivity index (χ4v) is 4.05. The molecule has 8 heteroatoms. The summed E-state index contributed by atoms with van der Waals surface area (Å²) in [6.45, 7) is 0. The van der Waals surface area contributed by atoms with E-state index >= 15 is 0 Å². The first kappa shape index (κ1) is 24.0. The zero-order valence-electron chi connectivity index (χ0n) is 20.2. The molecule has 1 atom stereocenters. The second kappa shape index (κ2) is 9.97. The Morgan fingerprint density at radius 2 is 1.66 bits per heavy atom. The van der Waals surface area contributed by atoms with Crippen LogP contribution in [0.1, 0.15) is 11.1 Å². The number of methoxy groups -OCH3 is 4. The molecule has 0 radical (unpaired) electrons. The van der Waals surface area contributed by atoms with Gasteiger partial charge >= 0.3 is 0 Å². The van der Waals surface area contributed by atoms with Gasteiger partial charge < -0.3 is 24.7 Å². The van der Waals surface area contributed by atoms with Crippen molar-refractivity contribution >= 4 is 16.7 Å². The summed E-state index contributed by atoms with van der Waals surface area (Å²) in [5, 5.41) is 1.86. The van der Waals surface area contributed by atoms with E-state index in [4.69, 9.17) is 30.4 Å². The second-order valence-corrected chi connectivity index (χ2v) is 7.82. The minimum atomic E-state index is -1.58. The van der Waals surface area contributed by atoms with Gasteiger partial charge in [0.2, 0.25) is 5.96 Å². The molecule has 1 unspecified atom stereocenters. The molecule has 0 aliphatic carbocycles. The number of nitrogens with zero attached hydrogens (tertiary/aromatic N) is 2. The van der Waals surface area contributed by atoms with Gasteiger partial charge in [-0.3, -0.25) is 5.73 Å². The van der Waals surface area contributed by atoms with Gasteiger partial charge in [0.1, 0.15) is 11.5 Å². The molecule has 0 aromatic heterocycles. The van der Waals surface area contributed by atoms with Crippen LogP contribution in [0, 0.1) is 12.0 Å². The van der Waals surface area contributed by atoms with Crippen LogP contribution in [0.15, 0.2) is 77.1 Å². The molecule has 4 N–H and O–H groups in total. The highest BCUT2D eigenvalue weighted by molar-refractivity contribution is 5.91. The summed E-state index contributed by atoms with van der Waals surface area (Å²) in [5.74, 6) is 3.26. The van der Waals surface area contributed by atoms with Crippen LogP contribution in [0.25, 0.3) is 10.8 Å². The molecule has 0 saturated heterocycles. The molecule has 0 spiro atoms. The van der Waals surface area contributed by atoms with Crippen LogP contribution in [-0.4, -0.2) is 45.1 Å². The molecule has 8 nitrogen and oxygen atoms in total. The summed E-state index contributed by atoms with van der Waals surface area (Å²) in [6, 6.07) is 22.4. The average molecular weight is 473 g/mol. The van der Waals surface area contributed by atoms with Crippen molar-refractivity contribution in [3.8, 4) is 23.5 Å². The number of fused-ring (bicyclic) bond motifs is 1. The van der Waals surface area contributed by atoms with Gasteiger partial charge in [0.25, 0.3) is 5.85 Å². The second-order valence-electron chi connectivity index (χ2n) is 7.82. The van der Waals surface area contributed by atoms with Crippen molar-refractivity contribution < 1.29 is 18.9 Å². The fourth-order valence-electron chi connectivity index (χ4n) is 4.05. The molecule has 0 bridgehead atoms. The highest BCUT2D eigenvalue weighted by atomic mass is 16.6. The minimum absolute atomic E-state index is 0.0926. The molecule has 180 valence electrons. The molecule has 35 heavy (non-hydrogen) atoms. The van der Waals surface area contributed by atoms with E-state index in [9.17, 15) is 0 Å². The van der Waals surface area contributed by atoms with Gasteiger partial charge in [0.15, 0.2) is 5.76 Å². The van der Waals surface area contributed by atoms with E-state index in [1.807, 2.05) is 60.7 Å². The maximum atomic E-state index is 6.66. The molecule has 4 rings (SSSR count). The van der Waals surface area contributed by atoms with Crippen LogP contribution in [0.2, 0.25) is 0 Å². The van der Waals surface area contributed by atoms with E-state index in [1.165, 1.54) is 19.1 Å². The van der Waals surface area contributed by atoms with E-state index in [-0.39, 0.29) is 5.96 Å². The number of aliphatic imine (C=N–C) groups is 1. The van der Waals surface area contributed by atoms with Gasteiger partial charge in [-0.05, 0) is 35.1 Å². The van der Waals surface area contributed by atoms with Crippen LogP contribution in [0.3, 0.4) is 0 Å². The Balaban J connectivity index is 1.76. The molecular weight excluding hydrogens is 444 g/mol. The number of nitrogens with two attached hydrogens (primary N) is 2. The van der Waals surface area contributed by atoms with E-state index in [1.54, 1.807) is 14.2 Å². The van der Waals surface area contributed by atoms with Gasteiger partial charge in [0.05, 0.1) is 32.6 Å². The molecule has 0 fully saturated rings. The Hall–Kier alpha value is -4.19. The number of allylic oxidation sites excluding steroid dienone is 1. The van der Waals surface area contributed by atoms with Crippen molar-refractivity contribution in [2.75, 3.05) is 28.4 Å². The summed E-state index contributed by atoms with van der Waals surface area (Å²) in [5.41, 5.74) is 15.2. The summed E-state index contributed by atoms with van der Waals surface area (Å²) in [6.07, 6.45) is 0.467. The van der Waals surface area contributed by atoms with Crippen molar-refractivity contribution in [2.24, 2.45) is 16.5 Å². The van der Waals surface area contributed by atoms with E-state index in [0.29, 0.717) is 29.2 Å². The first-order valence-corrected chi connectivity index (χ1v) is 10.9. The topological polar surface area (TPSA) is 105 Å². The first-order valence-electron chi connectivity index (χ1n) is 10.9. The smallest absolute Gasteiger partial charge is 0.271 e. The largest absolute Gasteiger partial charge is 0.496 e. The fraction of sp³-hybridized carbons (Fsp3) is 0.222. The highest BCUT2D eigenvalue weighted by Crippen LogP contribution is 2.33. The quantitative estimate of drug-likeness (QED) is 0.419. The summed E-state index contributed by atoms with van der Waals surface area (Å²) < 4.78 is 22.4. The monoisotopic (exact) mass is 472 g/mol. The number of hydrogen-bond donors (Lipinski definition) is 2. The predicted molar refractivity (Wildman–Crippen MR) is 135 cm³/mol. The van der Waals surface area contributed by atoms with Crippen molar-refractivity contribution in [3.05, 3.63) is 83.2 Å². The van der Waals surface area contributed by atoms with Gasteiger partial charge in [-0.1, -0.05) is 42.5 Å². The third kappa shape index (κ3) is 4.47. The summed E-state index contributed by atoms with van der Waals surface area (Å²) in [4.78, 5) is 5.90. The molecular formula is C27H28N4O4. The Labute approximate surface area is 204 Å². The molecule has 3 aromatic rings. The maximum Gasteiger partial charge on any atom is 0.271 e. The lowest BCUT2D eigenvalue weighted by molar-refractivity contribution is -0.0822. The molecule has 0 saturated carbocycles. The van der Waals surface area contributed by atoms with Gasteiger partial charge in [-0.25, -0.2) is 9.89 Å². The number of benzene rings is 3. The number of guanidine groups is 1. The van der Waals surface area contributed by atoms with E-state index in [2.05, 4.69) is 17.0 Å². The van der Waals surface area contributed by atoms with Crippen LogP contribution in [0.4, 0.5) is 0 Å². The van der Waals surface area contributed by atoms with Crippen molar-refractivity contribution in [2.45, 2.75) is 12.3 Å². The van der Waals surface area contributed by atoms with Gasteiger partial charge in [-0.2, -0.15) is 0 Å². The maximum absolute atomic E-state index is 6.66. The molecule has 0 amide bonds. The van der Waals surface area contributed by atoms with Crippen LogP contribution < -0.4 is 20.9 Å². The SMILES string of the molecule is COC1=C(Cc2ccccc2)N=C(N)N(C#Cc2cc3cccc(OC)c3cc2OC)C1(N)OC. The number of hydrogen-bond acceptors (Lipinski definition) is 8. The summed E-state index contributed by atoms with van der Waals surface area (Å²) in [7, 11) is 6.20.